The van der Waals surface area contributed by atoms with Gasteiger partial charge in [0.05, 0.1) is 12.7 Å². The number of nitrogens with zero attached hydrogens (tertiary/aromatic N) is 2. The third kappa shape index (κ3) is 9.52. The van der Waals surface area contributed by atoms with Crippen LogP contribution in [-0.4, -0.2) is 63.5 Å². The van der Waals surface area contributed by atoms with E-state index in [4.69, 9.17) is 9.47 Å². The fraction of sp³-hybridized carbons (Fsp3) is 0.933. The molecule has 6 heteroatoms. The molecule has 1 fully saturated rings. The smallest absolute Gasteiger partial charge is 0.193 e. The van der Waals surface area contributed by atoms with E-state index in [0.717, 1.165) is 58.3 Å². The fourth-order valence-electron chi connectivity index (χ4n) is 2.24. The zero-order valence-electron chi connectivity index (χ0n) is 13.9. The lowest BCUT2D eigenvalue weighted by Gasteiger charge is -2.24. The topological polar surface area (TPSA) is 46.1 Å². The van der Waals surface area contributed by atoms with Gasteiger partial charge in [-0.15, -0.1) is 24.0 Å². The Balaban J connectivity index is 0.00000400. The molecule has 0 spiro atoms. The van der Waals surface area contributed by atoms with Crippen molar-refractivity contribution in [2.45, 2.75) is 39.7 Å². The minimum atomic E-state index is 0. The highest BCUT2D eigenvalue weighted by Crippen LogP contribution is 2.13. The van der Waals surface area contributed by atoms with E-state index in [1.165, 1.54) is 0 Å². The van der Waals surface area contributed by atoms with E-state index >= 15 is 0 Å². The predicted molar refractivity (Wildman–Crippen MR) is 98.7 cm³/mol. The lowest BCUT2D eigenvalue weighted by Crippen LogP contribution is -2.41. The summed E-state index contributed by atoms with van der Waals surface area (Å²) in [4.78, 5) is 6.88. The Morgan fingerprint density at radius 3 is 2.81 bits per heavy atom. The van der Waals surface area contributed by atoms with Gasteiger partial charge in [-0.2, -0.15) is 0 Å². The van der Waals surface area contributed by atoms with Crippen LogP contribution in [0.5, 0.6) is 0 Å². The summed E-state index contributed by atoms with van der Waals surface area (Å²) in [6.07, 6.45) is 2.43. The molecule has 0 aliphatic carbocycles. The Labute approximate surface area is 146 Å². The second-order valence-corrected chi connectivity index (χ2v) is 5.62. The van der Waals surface area contributed by atoms with Gasteiger partial charge in [-0.05, 0) is 33.6 Å². The lowest BCUT2D eigenvalue weighted by molar-refractivity contribution is 0.0782. The Morgan fingerprint density at radius 1 is 1.48 bits per heavy atom. The molecule has 126 valence electrons. The van der Waals surface area contributed by atoms with Crippen molar-refractivity contribution in [3.63, 3.8) is 0 Å². The molecular formula is C15H32IN3O2. The Hall–Kier alpha value is -0.0800. The van der Waals surface area contributed by atoms with Crippen molar-refractivity contribution < 1.29 is 9.47 Å². The van der Waals surface area contributed by atoms with Gasteiger partial charge < -0.3 is 19.7 Å². The number of ether oxygens (including phenoxy) is 2. The molecule has 1 unspecified atom stereocenters. The first-order chi connectivity index (χ1) is 9.63. The van der Waals surface area contributed by atoms with E-state index in [1.807, 2.05) is 0 Å². The van der Waals surface area contributed by atoms with Crippen LogP contribution in [0.25, 0.3) is 0 Å². The summed E-state index contributed by atoms with van der Waals surface area (Å²) in [5, 5.41) is 3.35. The number of hydrogen-bond donors (Lipinski definition) is 1. The zero-order chi connectivity index (χ0) is 14.8. The van der Waals surface area contributed by atoms with Crippen molar-refractivity contribution in [1.29, 1.82) is 0 Å². The minimum absolute atomic E-state index is 0. The maximum atomic E-state index is 5.53. The Morgan fingerprint density at radius 2 is 2.24 bits per heavy atom. The van der Waals surface area contributed by atoms with Gasteiger partial charge >= 0.3 is 0 Å². The maximum Gasteiger partial charge on any atom is 0.193 e. The molecule has 5 nitrogen and oxygen atoms in total. The van der Waals surface area contributed by atoms with Crippen LogP contribution in [0.15, 0.2) is 4.99 Å². The van der Waals surface area contributed by atoms with Gasteiger partial charge in [-0.3, -0.25) is 4.99 Å². The average molecular weight is 413 g/mol. The van der Waals surface area contributed by atoms with Crippen molar-refractivity contribution in [2.24, 2.45) is 10.9 Å². The summed E-state index contributed by atoms with van der Waals surface area (Å²) >= 11 is 0. The van der Waals surface area contributed by atoms with Crippen LogP contribution in [0, 0.1) is 5.92 Å². The molecule has 0 bridgehead atoms. The molecule has 0 radical (unpaired) electrons. The third-order valence-electron chi connectivity index (χ3n) is 3.27. The SMILES string of the molecule is CCNC(=NCCCOC(C)C)N(C)CC1CCOC1.I. The second kappa shape index (κ2) is 12.5. The molecule has 1 heterocycles. The second-order valence-electron chi connectivity index (χ2n) is 5.62. The first-order valence-corrected chi connectivity index (χ1v) is 7.82. The van der Waals surface area contributed by atoms with Crippen molar-refractivity contribution in [3.8, 4) is 0 Å². The molecule has 0 aromatic heterocycles. The molecule has 1 N–H and O–H groups in total. The molecule has 1 rings (SSSR count). The average Bonchev–Trinajstić information content (AvgIpc) is 2.89. The van der Waals surface area contributed by atoms with Crippen LogP contribution >= 0.6 is 24.0 Å². The number of rotatable bonds is 8. The molecular weight excluding hydrogens is 381 g/mol. The summed E-state index contributed by atoms with van der Waals surface area (Å²) < 4.78 is 11.0. The van der Waals surface area contributed by atoms with Crippen LogP contribution in [0.1, 0.15) is 33.6 Å². The van der Waals surface area contributed by atoms with Gasteiger partial charge in [0, 0.05) is 45.8 Å². The fourth-order valence-corrected chi connectivity index (χ4v) is 2.24. The van der Waals surface area contributed by atoms with Gasteiger partial charge in [0.1, 0.15) is 0 Å². The zero-order valence-corrected chi connectivity index (χ0v) is 16.3. The van der Waals surface area contributed by atoms with Crippen molar-refractivity contribution in [3.05, 3.63) is 0 Å². The standard InChI is InChI=1S/C15H31N3O2.HI/c1-5-16-15(17-8-6-9-20-13(2)3)18(4)11-14-7-10-19-12-14;/h13-14H,5-12H2,1-4H3,(H,16,17);1H. The number of guanidine groups is 1. The Kier molecular flexibility index (Phi) is 12.4. The highest BCUT2D eigenvalue weighted by molar-refractivity contribution is 14.0. The first-order valence-electron chi connectivity index (χ1n) is 7.82. The monoisotopic (exact) mass is 413 g/mol. The molecule has 1 aliphatic rings. The third-order valence-corrected chi connectivity index (χ3v) is 3.27. The van der Waals surface area contributed by atoms with Crippen LogP contribution in [0.2, 0.25) is 0 Å². The molecule has 0 amide bonds. The highest BCUT2D eigenvalue weighted by atomic mass is 127. The summed E-state index contributed by atoms with van der Waals surface area (Å²) in [5.41, 5.74) is 0. The van der Waals surface area contributed by atoms with Gasteiger partial charge in [-0.1, -0.05) is 0 Å². The minimum Gasteiger partial charge on any atom is -0.381 e. The van der Waals surface area contributed by atoms with Crippen LogP contribution in [-0.2, 0) is 9.47 Å². The van der Waals surface area contributed by atoms with Gasteiger partial charge in [0.15, 0.2) is 5.96 Å². The van der Waals surface area contributed by atoms with Crippen LogP contribution < -0.4 is 5.32 Å². The van der Waals surface area contributed by atoms with E-state index in [-0.39, 0.29) is 24.0 Å². The number of aliphatic imine (C=N–C) groups is 1. The largest absolute Gasteiger partial charge is 0.381 e. The molecule has 1 atom stereocenters. The predicted octanol–water partition coefficient (Wildman–Crippen LogP) is 2.35. The van der Waals surface area contributed by atoms with E-state index in [1.54, 1.807) is 0 Å². The van der Waals surface area contributed by atoms with Crippen molar-refractivity contribution in [2.75, 3.05) is 46.5 Å². The van der Waals surface area contributed by atoms with E-state index in [0.29, 0.717) is 12.0 Å². The molecule has 0 aromatic rings. The summed E-state index contributed by atoms with van der Waals surface area (Å²) in [7, 11) is 2.10. The van der Waals surface area contributed by atoms with E-state index in [9.17, 15) is 0 Å². The highest BCUT2D eigenvalue weighted by Gasteiger charge is 2.18. The normalized spacial score (nSPS) is 18.7. The number of halogens is 1. The molecule has 0 aromatic carbocycles. The number of nitrogens with one attached hydrogen (secondary N) is 1. The van der Waals surface area contributed by atoms with Gasteiger partial charge in [0.25, 0.3) is 0 Å². The summed E-state index contributed by atoms with van der Waals surface area (Å²) in [5.74, 6) is 1.62. The van der Waals surface area contributed by atoms with Crippen LogP contribution in [0.3, 0.4) is 0 Å². The van der Waals surface area contributed by atoms with Crippen molar-refractivity contribution >= 4 is 29.9 Å². The first kappa shape index (κ1) is 20.9. The molecule has 1 saturated heterocycles. The Bertz CT molecular complexity index is 282. The van der Waals surface area contributed by atoms with Crippen LogP contribution in [0.4, 0.5) is 0 Å². The quantitative estimate of drug-likeness (QED) is 0.287. The van der Waals surface area contributed by atoms with E-state index in [2.05, 4.69) is 43.0 Å². The molecule has 0 saturated carbocycles. The molecule has 21 heavy (non-hydrogen) atoms. The summed E-state index contributed by atoms with van der Waals surface area (Å²) in [6.45, 7) is 11.5. The molecule has 1 aliphatic heterocycles. The van der Waals surface area contributed by atoms with Gasteiger partial charge in [0.2, 0.25) is 0 Å². The van der Waals surface area contributed by atoms with E-state index < -0.39 is 0 Å². The van der Waals surface area contributed by atoms with Gasteiger partial charge in [-0.25, -0.2) is 0 Å². The van der Waals surface area contributed by atoms with Crippen molar-refractivity contribution in [1.82, 2.24) is 10.2 Å². The lowest BCUT2D eigenvalue weighted by atomic mass is 10.1. The summed E-state index contributed by atoms with van der Waals surface area (Å²) in [6, 6.07) is 0. The maximum absolute atomic E-state index is 5.53. The number of hydrogen-bond acceptors (Lipinski definition) is 3.